The van der Waals surface area contributed by atoms with E-state index in [-0.39, 0.29) is 57.3 Å². The van der Waals surface area contributed by atoms with E-state index in [0.29, 0.717) is 25.8 Å². The zero-order valence-corrected chi connectivity index (χ0v) is 79.3. The topological polar surface area (TPSA) is 809 Å². The molecule has 4 aromatic heterocycles. The average Bonchev–Trinajstić information content (AvgIpc) is 1.41. The molecule has 20 atom stereocenters. The Morgan fingerprint density at radius 2 is 0.648 bits per heavy atom. The van der Waals surface area contributed by atoms with E-state index < -0.39 is 302 Å². The number of aliphatic hydroxyl groups is 8. The molecule has 4 aliphatic heterocycles. The predicted octanol–water partition coefficient (Wildman–Crippen LogP) is -1.11. The quantitative estimate of drug-likeness (QED) is 0.0163. The van der Waals surface area contributed by atoms with E-state index in [0.717, 1.165) is 99.2 Å². The fraction of sp³-hybridized carbons (Fsp3) is 0.444. The van der Waals surface area contributed by atoms with Crippen LogP contribution >= 0.6 is 61.7 Å². The third-order valence-electron chi connectivity index (χ3n) is 20.5. The van der Waals surface area contributed by atoms with Crippen molar-refractivity contribution in [2.75, 3.05) is 38.2 Å². The summed E-state index contributed by atoms with van der Waals surface area (Å²) in [6, 6.07) is 20.2. The zero-order chi connectivity index (χ0) is 106. The molecule has 0 spiro atoms. The Hall–Kier alpha value is -8.32. The molecule has 0 aliphatic carbocycles. The SMILES string of the molecule is Cc1cn([C@@H]2O[C@H](COP(=O)(O)OP(=O)(O)O)[C@H](O)C2O)c(=O)n(CC(F)(F)c2ccccc2)c1=O.Cc1cn([C@@H]2O[C@H](COP(=O)(O)OP(=O)(O)O)[C@H](O)C2O)c(=O)n(CCc2ccc(F)cc2F)c1=O.O=c1ccn([C@@H]2O[C@H](COP(=O)(O)CP(=O)(O)O)[C@H](O)C2O)c(=O)n1CC(F)(F)c1ccccc1.O=c1ccn([C@@H]2O[C@H](COP(=O)(O)CP(=O)(O)O)[C@H](O)C2O)c(=O)n1CCc1ccc(F)cc1F. The fourth-order valence-electron chi connectivity index (χ4n) is 13.8. The first-order valence-corrected chi connectivity index (χ1v) is 53.2. The van der Waals surface area contributed by atoms with Gasteiger partial charge in [-0.15, -0.1) is 0 Å². The summed E-state index contributed by atoms with van der Waals surface area (Å²) in [7, 11) is -40.9. The minimum absolute atomic E-state index is 0.00840. The molecule has 20 N–H and O–H groups in total. The van der Waals surface area contributed by atoms with E-state index in [2.05, 4.69) is 26.7 Å². The molecule has 0 bridgehead atoms. The molecule has 8 heterocycles. The van der Waals surface area contributed by atoms with Crippen LogP contribution in [0.15, 0.2) is 172 Å². The van der Waals surface area contributed by atoms with Crippen LogP contribution in [0.25, 0.3) is 0 Å². The summed E-state index contributed by atoms with van der Waals surface area (Å²) in [6.07, 6.45) is -23.9. The maximum atomic E-state index is 14.8. The molecule has 0 radical (unpaired) electrons. The second-order valence-corrected chi connectivity index (χ2v) is 44.9. The lowest BCUT2D eigenvalue weighted by molar-refractivity contribution is -0.0570. The average molecular weight is 2200 g/mol. The summed E-state index contributed by atoms with van der Waals surface area (Å²) in [4.78, 5) is 209. The van der Waals surface area contributed by atoms with Gasteiger partial charge in [0.1, 0.15) is 96.5 Å². The number of benzene rings is 4. The Morgan fingerprint density at radius 3 is 0.979 bits per heavy atom. The summed E-state index contributed by atoms with van der Waals surface area (Å²) in [5.41, 5.74) is -9.20. The van der Waals surface area contributed by atoms with Gasteiger partial charge in [0.25, 0.3) is 34.1 Å². The summed E-state index contributed by atoms with van der Waals surface area (Å²) in [5.74, 6) is -13.6. The molecule has 4 saturated heterocycles. The van der Waals surface area contributed by atoms with Crippen LogP contribution in [0.3, 0.4) is 0 Å². The van der Waals surface area contributed by atoms with Crippen LogP contribution in [0.2, 0.25) is 0 Å². The monoisotopic (exact) mass is 2200 g/mol. The van der Waals surface area contributed by atoms with Crippen LogP contribution in [0.5, 0.6) is 0 Å². The van der Waals surface area contributed by atoms with Crippen molar-refractivity contribution in [1.82, 2.24) is 36.5 Å². The van der Waals surface area contributed by atoms with Crippen LogP contribution in [-0.4, -0.2) is 248 Å². The summed E-state index contributed by atoms with van der Waals surface area (Å²) in [6.45, 7) is -4.55. The van der Waals surface area contributed by atoms with Gasteiger partial charge in [-0.2, -0.15) is 26.2 Å². The predicted molar refractivity (Wildman–Crippen MR) is 457 cm³/mol. The third kappa shape index (κ3) is 31.4. The Kier molecular flexibility index (Phi) is 38.7. The lowest BCUT2D eigenvalue weighted by Crippen LogP contribution is -2.46. The number of hydrogen-bond acceptors (Lipinski definition) is 34. The number of aliphatic hydroxyl groups excluding tert-OH is 8. The van der Waals surface area contributed by atoms with Gasteiger partial charge in [-0.25, -0.2) is 55.0 Å². The lowest BCUT2D eigenvalue weighted by atomic mass is 10.1. The van der Waals surface area contributed by atoms with Crippen molar-refractivity contribution in [2.45, 2.75) is 163 Å². The molecule has 8 aromatic rings. The summed E-state index contributed by atoms with van der Waals surface area (Å²) >= 11 is 0. The number of hydrogen-bond donors (Lipinski definition) is 20. The van der Waals surface area contributed by atoms with E-state index >= 15 is 0 Å². The molecule has 0 saturated carbocycles. The Morgan fingerprint density at radius 1 is 0.359 bits per heavy atom. The number of rotatable bonds is 36. The van der Waals surface area contributed by atoms with Crippen molar-refractivity contribution in [2.24, 2.45) is 0 Å². The van der Waals surface area contributed by atoms with E-state index in [1.165, 1.54) is 50.2 Å². The normalized spacial score (nSPS) is 24.5. The number of alkyl halides is 4. The summed E-state index contributed by atoms with van der Waals surface area (Å²) in [5, 5.41) is 82.2. The molecule has 4 aliphatic rings. The largest absolute Gasteiger partial charge is 0.481 e. The third-order valence-corrected chi connectivity index (χ3v) is 31.8. The fourth-order valence-corrected chi connectivity index (χ4v) is 22.2. The maximum Gasteiger partial charge on any atom is 0.481 e. The Bertz CT molecular complexity index is 6800. The second-order valence-electron chi connectivity index (χ2n) is 31.2. The Labute approximate surface area is 787 Å². The lowest BCUT2D eigenvalue weighted by Gasteiger charge is -2.22. The smallest absolute Gasteiger partial charge is 0.387 e. The first kappa shape index (κ1) is 117. The number of phosphoric ester groups is 2. The minimum atomic E-state index is -5.43. The summed E-state index contributed by atoms with van der Waals surface area (Å²) < 4.78 is 254. The Balaban J connectivity index is 0.000000211. The zero-order valence-electron chi connectivity index (χ0n) is 72.2. The second kappa shape index (κ2) is 46.8. The van der Waals surface area contributed by atoms with Gasteiger partial charge >= 0.3 is 84.4 Å². The molecule has 54 nitrogen and oxygen atoms in total. The van der Waals surface area contributed by atoms with Gasteiger partial charge in [0.05, 0.1) is 39.5 Å². The minimum Gasteiger partial charge on any atom is -0.387 e. The van der Waals surface area contributed by atoms with Crippen molar-refractivity contribution in [3.8, 4) is 0 Å². The van der Waals surface area contributed by atoms with Gasteiger partial charge in [-0.3, -0.25) is 83.0 Å². The number of phosphoric acid groups is 4. The van der Waals surface area contributed by atoms with E-state index in [1.807, 2.05) is 0 Å². The molecule has 12 rings (SSSR count). The maximum absolute atomic E-state index is 14.8. The highest BCUT2D eigenvalue weighted by atomic mass is 31.3. The first-order valence-electron chi connectivity index (χ1n) is 40.0. The number of halogens is 8. The van der Waals surface area contributed by atoms with Crippen molar-refractivity contribution < 1.29 is 217 Å². The van der Waals surface area contributed by atoms with Crippen LogP contribution in [0.1, 0.15) is 58.3 Å². The molecule has 8 unspecified atom stereocenters. The van der Waals surface area contributed by atoms with Crippen LogP contribution in [0.4, 0.5) is 35.1 Å². The highest BCUT2D eigenvalue weighted by molar-refractivity contribution is 7.70. The molecular formula is C72H88F8N8O46P8. The number of nitrogens with zero attached hydrogens (tertiary/aromatic N) is 8. The van der Waals surface area contributed by atoms with Crippen LogP contribution in [-0.2, 0) is 133 Å². The number of aromatic nitrogens is 8. The van der Waals surface area contributed by atoms with Gasteiger partial charge in [-0.05, 0) is 49.9 Å². The first-order chi connectivity index (χ1) is 65.4. The van der Waals surface area contributed by atoms with Crippen molar-refractivity contribution in [1.29, 1.82) is 0 Å². The molecule has 70 heteroatoms. The standard InChI is InChI=1S/2C18H22F2N2O12P2.2C18H22F2N2O11P2/c1-9-7-22(18(26)21(16(9)25)5-4-10-2-3-11(19)6-12(10)20)17-15(24)14(23)13(33-17)8-32-36(30,31)34-35(27,28)29;1-10-7-21(17(26)22(15(10)25)9-18(19,20)11-5-3-2-4-6-11)16-14(24)13(23)12(33-16)8-32-36(30,31)34-35(27,28)29;19-11-2-1-10(12(20)7-11)3-5-21-14(23)4-6-22(18(21)26)17-16(25)15(24)13(33-17)8-32-35(30,31)9-34(27,28)29;19-18(20,11-4-2-1-3-5-11)9-22-13(23)6-7-21(17(22)26)16-15(25)14(24)12(33-16)8-32-35(30,31)10-34(27,28)29/h2-3,6-7,13-15,17,23-24H,4-5,8H2,1H3,(H,30,31)(H2,27,28,29);2-7,12-14,16,23-24H,8-9H2,1H3,(H,30,31)(H2,27,28,29);1-2,4,6-7,13,15-17,24-25H,3,5,8-9H2,(H,30,31)(H2,27,28,29);1-7,12,14-16,24-25H,8-10H2,(H,30,31)(H2,27,28,29)/t13-,14+,15?,17-;12-,13+,14?,16-;13-,15+,16?,17-;12-,14+,15?,16-/m1111/s1. The van der Waals surface area contributed by atoms with E-state index in [9.17, 15) is 170 Å². The van der Waals surface area contributed by atoms with Crippen molar-refractivity contribution >= 4 is 61.7 Å². The molecule has 0 amide bonds. The number of ether oxygens (including phenoxy) is 4. The van der Waals surface area contributed by atoms with Gasteiger partial charge < -0.3 is 128 Å². The molecule has 4 aromatic carbocycles. The molecule has 142 heavy (non-hydrogen) atoms. The molecule has 788 valence electrons. The van der Waals surface area contributed by atoms with Crippen molar-refractivity contribution in [3.63, 3.8) is 0 Å². The van der Waals surface area contributed by atoms with Gasteiger partial charge in [0, 0.05) is 84.4 Å². The van der Waals surface area contributed by atoms with Crippen LogP contribution < -0.4 is 45.0 Å². The highest BCUT2D eigenvalue weighted by Gasteiger charge is 2.52. The van der Waals surface area contributed by atoms with Crippen LogP contribution in [0, 0.1) is 37.1 Å². The van der Waals surface area contributed by atoms with E-state index in [1.54, 1.807) is 0 Å². The number of aryl methyl sites for hydroxylation is 4. The van der Waals surface area contributed by atoms with Crippen molar-refractivity contribution in [3.05, 3.63) is 274 Å². The van der Waals surface area contributed by atoms with E-state index in [4.69, 9.17) is 58.1 Å². The highest BCUT2D eigenvalue weighted by Crippen LogP contribution is 2.60. The van der Waals surface area contributed by atoms with Gasteiger partial charge in [0.15, 0.2) is 36.7 Å². The van der Waals surface area contributed by atoms with Gasteiger partial charge in [0.2, 0.25) is 0 Å². The molecular weight excluding hydrogens is 2110 g/mol. The van der Waals surface area contributed by atoms with Gasteiger partial charge in [-0.1, -0.05) is 72.8 Å². The molecule has 4 fully saturated rings.